The second kappa shape index (κ2) is 4.27. The van der Waals surface area contributed by atoms with Crippen molar-refractivity contribution in [2.45, 2.75) is 13.0 Å². The molecule has 0 unspecified atom stereocenters. The normalized spacial score (nSPS) is 10.4. The fraction of sp³-hybridized carbons (Fsp3) is 0.200. The average Bonchev–Trinajstić information content (AvgIpc) is 2.86. The molecule has 0 bridgehead atoms. The lowest BCUT2D eigenvalue weighted by molar-refractivity contribution is 0.0689. The molecular weight excluding hydrogens is 212 g/mol. The third kappa shape index (κ3) is 2.44. The molecule has 0 amide bonds. The summed E-state index contributed by atoms with van der Waals surface area (Å²) < 4.78 is 1.65. The van der Waals surface area contributed by atoms with E-state index in [-0.39, 0.29) is 5.69 Å². The number of carbonyl (C=O) groups is 1. The minimum Gasteiger partial charge on any atom is -0.476 e. The van der Waals surface area contributed by atoms with Crippen LogP contribution in [0.25, 0.3) is 0 Å². The van der Waals surface area contributed by atoms with Crippen molar-refractivity contribution in [3.63, 3.8) is 0 Å². The molecule has 0 radical (unpaired) electrons. The number of hydrogen-bond acceptors (Lipinski definition) is 3. The summed E-state index contributed by atoms with van der Waals surface area (Å²) >= 11 is 1.66. The van der Waals surface area contributed by atoms with E-state index in [0.717, 1.165) is 6.42 Å². The van der Waals surface area contributed by atoms with Gasteiger partial charge in [-0.25, -0.2) is 4.79 Å². The molecule has 0 aliphatic heterocycles. The summed E-state index contributed by atoms with van der Waals surface area (Å²) in [5.41, 5.74) is 1.35. The first-order valence-corrected chi connectivity index (χ1v) is 5.48. The van der Waals surface area contributed by atoms with E-state index in [2.05, 4.69) is 16.5 Å². The van der Waals surface area contributed by atoms with Crippen molar-refractivity contribution < 1.29 is 9.90 Å². The summed E-state index contributed by atoms with van der Waals surface area (Å²) in [6.45, 7) is 0.712. The smallest absolute Gasteiger partial charge is 0.356 e. The number of aromatic carboxylic acids is 1. The molecule has 0 spiro atoms. The van der Waals surface area contributed by atoms with Crippen molar-refractivity contribution in [1.82, 2.24) is 9.78 Å². The maximum atomic E-state index is 10.6. The first-order valence-electron chi connectivity index (χ1n) is 4.53. The highest BCUT2D eigenvalue weighted by molar-refractivity contribution is 7.07. The molecule has 0 aliphatic rings. The van der Waals surface area contributed by atoms with Gasteiger partial charge in [-0.2, -0.15) is 16.4 Å². The predicted molar refractivity (Wildman–Crippen MR) is 57.2 cm³/mol. The number of thiophene rings is 1. The van der Waals surface area contributed by atoms with Crippen LogP contribution in [-0.4, -0.2) is 20.9 Å². The fourth-order valence-corrected chi connectivity index (χ4v) is 1.98. The molecule has 0 atom stereocenters. The van der Waals surface area contributed by atoms with Crippen LogP contribution in [0.1, 0.15) is 16.1 Å². The zero-order valence-corrected chi connectivity index (χ0v) is 8.78. The Morgan fingerprint density at radius 2 is 2.40 bits per heavy atom. The van der Waals surface area contributed by atoms with Crippen LogP contribution in [-0.2, 0) is 13.0 Å². The molecule has 2 aromatic rings. The molecule has 5 heteroatoms. The molecule has 78 valence electrons. The van der Waals surface area contributed by atoms with E-state index in [1.54, 1.807) is 22.2 Å². The van der Waals surface area contributed by atoms with Gasteiger partial charge in [0, 0.05) is 12.7 Å². The summed E-state index contributed by atoms with van der Waals surface area (Å²) in [5.74, 6) is -0.982. The lowest BCUT2D eigenvalue weighted by Gasteiger charge is -1.98. The van der Waals surface area contributed by atoms with Crippen molar-refractivity contribution in [3.05, 3.63) is 40.3 Å². The van der Waals surface area contributed by atoms with E-state index in [4.69, 9.17) is 5.11 Å². The Morgan fingerprint density at radius 3 is 3.00 bits per heavy atom. The van der Waals surface area contributed by atoms with Crippen LogP contribution in [0, 0.1) is 0 Å². The van der Waals surface area contributed by atoms with Crippen LogP contribution >= 0.6 is 11.3 Å². The van der Waals surface area contributed by atoms with E-state index in [1.807, 2.05) is 5.38 Å². The number of carboxylic acid groups (broad SMARTS) is 1. The molecule has 2 aromatic heterocycles. The molecular formula is C10H10N2O2S. The standard InChI is InChI=1S/C10H10N2O2S/c13-10(14)9-2-5-12(11-9)4-1-8-3-6-15-7-8/h2-3,5-7H,1,4H2,(H,13,14). The summed E-state index contributed by atoms with van der Waals surface area (Å²) in [5, 5.41) is 16.7. The predicted octanol–water partition coefficient (Wildman–Crippen LogP) is 1.89. The van der Waals surface area contributed by atoms with Gasteiger partial charge in [-0.05, 0) is 34.9 Å². The quantitative estimate of drug-likeness (QED) is 0.859. The SMILES string of the molecule is O=C(O)c1ccn(CCc2ccsc2)n1. The second-order valence-corrected chi connectivity index (χ2v) is 3.93. The number of hydrogen-bond donors (Lipinski definition) is 1. The maximum Gasteiger partial charge on any atom is 0.356 e. The molecule has 15 heavy (non-hydrogen) atoms. The molecule has 0 saturated carbocycles. The van der Waals surface area contributed by atoms with Gasteiger partial charge in [-0.3, -0.25) is 4.68 Å². The largest absolute Gasteiger partial charge is 0.476 e. The zero-order chi connectivity index (χ0) is 10.7. The number of rotatable bonds is 4. The Bertz CT molecular complexity index is 448. The van der Waals surface area contributed by atoms with Gasteiger partial charge >= 0.3 is 5.97 Å². The Labute approximate surface area is 90.8 Å². The highest BCUT2D eigenvalue weighted by Gasteiger charge is 2.06. The van der Waals surface area contributed by atoms with Crippen molar-refractivity contribution >= 4 is 17.3 Å². The molecule has 0 saturated heterocycles. The molecule has 0 fully saturated rings. The van der Waals surface area contributed by atoms with Crippen molar-refractivity contribution in [2.75, 3.05) is 0 Å². The number of aryl methyl sites for hydroxylation is 2. The van der Waals surface area contributed by atoms with Gasteiger partial charge in [0.25, 0.3) is 0 Å². The monoisotopic (exact) mass is 222 g/mol. The van der Waals surface area contributed by atoms with Crippen LogP contribution < -0.4 is 0 Å². The topological polar surface area (TPSA) is 55.1 Å². The van der Waals surface area contributed by atoms with E-state index >= 15 is 0 Å². The van der Waals surface area contributed by atoms with Gasteiger partial charge in [0.2, 0.25) is 0 Å². The van der Waals surface area contributed by atoms with Crippen LogP contribution in [0.15, 0.2) is 29.1 Å². The minimum absolute atomic E-state index is 0.0975. The molecule has 0 aliphatic carbocycles. The van der Waals surface area contributed by atoms with E-state index in [0.29, 0.717) is 6.54 Å². The summed E-state index contributed by atoms with van der Waals surface area (Å²) in [4.78, 5) is 10.6. The molecule has 0 aromatic carbocycles. The third-order valence-electron chi connectivity index (χ3n) is 2.07. The van der Waals surface area contributed by atoms with Crippen LogP contribution in [0.4, 0.5) is 0 Å². The Morgan fingerprint density at radius 1 is 1.53 bits per heavy atom. The van der Waals surface area contributed by atoms with Gasteiger partial charge in [-0.1, -0.05) is 0 Å². The van der Waals surface area contributed by atoms with E-state index < -0.39 is 5.97 Å². The van der Waals surface area contributed by atoms with Gasteiger partial charge in [0.05, 0.1) is 0 Å². The lowest BCUT2D eigenvalue weighted by Crippen LogP contribution is -2.04. The number of aromatic nitrogens is 2. The van der Waals surface area contributed by atoms with Gasteiger partial charge < -0.3 is 5.11 Å². The van der Waals surface area contributed by atoms with E-state index in [1.165, 1.54) is 11.6 Å². The third-order valence-corrected chi connectivity index (χ3v) is 2.80. The van der Waals surface area contributed by atoms with Gasteiger partial charge in [0.15, 0.2) is 5.69 Å². The maximum absolute atomic E-state index is 10.6. The summed E-state index contributed by atoms with van der Waals surface area (Å²) in [7, 11) is 0. The van der Waals surface area contributed by atoms with Gasteiger partial charge in [0.1, 0.15) is 0 Å². The average molecular weight is 222 g/mol. The van der Waals surface area contributed by atoms with Crippen molar-refractivity contribution in [2.24, 2.45) is 0 Å². The minimum atomic E-state index is -0.982. The number of carboxylic acids is 1. The molecule has 1 N–H and O–H groups in total. The van der Waals surface area contributed by atoms with Crippen molar-refractivity contribution in [3.8, 4) is 0 Å². The molecule has 2 rings (SSSR count). The highest BCUT2D eigenvalue weighted by atomic mass is 32.1. The molecule has 4 nitrogen and oxygen atoms in total. The second-order valence-electron chi connectivity index (χ2n) is 3.15. The van der Waals surface area contributed by atoms with E-state index in [9.17, 15) is 4.79 Å². The Balaban J connectivity index is 1.96. The van der Waals surface area contributed by atoms with Crippen LogP contribution in [0.2, 0.25) is 0 Å². The first kappa shape index (κ1) is 9.92. The van der Waals surface area contributed by atoms with Crippen LogP contribution in [0.5, 0.6) is 0 Å². The lowest BCUT2D eigenvalue weighted by atomic mass is 10.2. The first-order chi connectivity index (χ1) is 7.25. The fourth-order valence-electron chi connectivity index (χ4n) is 1.28. The number of nitrogens with zero attached hydrogens (tertiary/aromatic N) is 2. The van der Waals surface area contributed by atoms with Gasteiger partial charge in [-0.15, -0.1) is 0 Å². The molecule has 2 heterocycles. The summed E-state index contributed by atoms with van der Waals surface area (Å²) in [6, 6.07) is 3.57. The van der Waals surface area contributed by atoms with Crippen LogP contribution in [0.3, 0.4) is 0 Å². The zero-order valence-electron chi connectivity index (χ0n) is 7.96. The summed E-state index contributed by atoms with van der Waals surface area (Å²) in [6.07, 6.45) is 2.57. The Hall–Kier alpha value is -1.62. The Kier molecular flexibility index (Phi) is 2.82. The van der Waals surface area contributed by atoms with Crippen molar-refractivity contribution in [1.29, 1.82) is 0 Å². The highest BCUT2D eigenvalue weighted by Crippen LogP contribution is 2.07.